The number of sulfone groups is 1. The Kier molecular flexibility index (Phi) is 8.65. The van der Waals surface area contributed by atoms with E-state index in [9.17, 15) is 8.42 Å². The van der Waals surface area contributed by atoms with Crippen LogP contribution in [0.1, 0.15) is 18.4 Å². The van der Waals surface area contributed by atoms with Crippen LogP contribution in [0.3, 0.4) is 0 Å². The van der Waals surface area contributed by atoms with Crippen molar-refractivity contribution in [2.24, 2.45) is 0 Å². The molecule has 5 aromatic rings. The van der Waals surface area contributed by atoms with Gasteiger partial charge in [-0.05, 0) is 49.2 Å². The number of anilines is 1. The summed E-state index contributed by atoms with van der Waals surface area (Å²) >= 11 is 0. The molecule has 0 saturated heterocycles. The number of nitrogen functional groups attached to an aromatic ring is 1. The van der Waals surface area contributed by atoms with E-state index in [-0.39, 0.29) is 5.75 Å². The first-order chi connectivity index (χ1) is 19.8. The van der Waals surface area contributed by atoms with E-state index in [1.165, 1.54) is 11.8 Å². The molecule has 2 aromatic heterocycles. The number of nitrogens with one attached hydrogen (secondary N) is 1. The Morgan fingerprint density at radius 1 is 0.976 bits per heavy atom. The second-order valence-corrected chi connectivity index (χ2v) is 12.2. The van der Waals surface area contributed by atoms with Gasteiger partial charge in [-0.15, -0.1) is 0 Å². The zero-order chi connectivity index (χ0) is 28.8. The molecule has 0 fully saturated rings. The molecule has 0 unspecified atom stereocenters. The van der Waals surface area contributed by atoms with E-state index in [0.29, 0.717) is 53.7 Å². The first-order valence-corrected chi connectivity index (χ1v) is 15.5. The van der Waals surface area contributed by atoms with E-state index >= 15 is 0 Å². The first-order valence-electron chi connectivity index (χ1n) is 13.5. The van der Waals surface area contributed by atoms with E-state index in [1.807, 2.05) is 59.4 Å². The number of hydrogen-bond donors (Lipinski definition) is 2. The molecule has 3 N–H and O–H groups in total. The summed E-state index contributed by atoms with van der Waals surface area (Å²) in [7, 11) is -1.36. The quantitative estimate of drug-likeness (QED) is 0.200. The molecule has 0 amide bonds. The summed E-state index contributed by atoms with van der Waals surface area (Å²) in [6, 6.07) is 19.9. The summed E-state index contributed by atoms with van der Waals surface area (Å²) in [5, 5.41) is 9.39. The third kappa shape index (κ3) is 7.11. The molecule has 214 valence electrons. The minimum Gasteiger partial charge on any atom is -0.493 e. The fourth-order valence-corrected chi connectivity index (χ4v) is 5.10. The third-order valence-electron chi connectivity index (χ3n) is 6.74. The SMILES string of the molecule is COc1cc2nc(-c3ccc4c(cnn4Cc4ccccc4)c3)nc(N)c2cc1OCCCCNCCS(C)(=O)=O. The van der Waals surface area contributed by atoms with E-state index in [2.05, 4.69) is 27.5 Å². The Balaban J connectivity index is 1.28. The van der Waals surface area contributed by atoms with E-state index in [0.717, 1.165) is 35.9 Å². The van der Waals surface area contributed by atoms with Crippen molar-refractivity contribution in [1.29, 1.82) is 0 Å². The fourth-order valence-electron chi connectivity index (χ4n) is 4.59. The van der Waals surface area contributed by atoms with Gasteiger partial charge >= 0.3 is 0 Å². The highest BCUT2D eigenvalue weighted by Gasteiger charge is 2.14. The van der Waals surface area contributed by atoms with Crippen LogP contribution in [0.4, 0.5) is 5.82 Å². The number of nitrogens with zero attached hydrogens (tertiary/aromatic N) is 4. The molecule has 0 bridgehead atoms. The van der Waals surface area contributed by atoms with E-state index in [4.69, 9.17) is 20.2 Å². The number of nitrogens with two attached hydrogens (primary N) is 1. The number of fused-ring (bicyclic) bond motifs is 2. The molecule has 10 nitrogen and oxygen atoms in total. The van der Waals surface area contributed by atoms with Crippen LogP contribution in [0.2, 0.25) is 0 Å². The van der Waals surface area contributed by atoms with Crippen molar-refractivity contribution in [3.63, 3.8) is 0 Å². The van der Waals surface area contributed by atoms with Gasteiger partial charge in [0.15, 0.2) is 17.3 Å². The van der Waals surface area contributed by atoms with Gasteiger partial charge in [0.2, 0.25) is 0 Å². The second kappa shape index (κ2) is 12.5. The molecule has 11 heteroatoms. The van der Waals surface area contributed by atoms with Crippen molar-refractivity contribution in [3.8, 4) is 22.9 Å². The molecule has 0 spiro atoms. The lowest BCUT2D eigenvalue weighted by atomic mass is 10.1. The van der Waals surface area contributed by atoms with Crippen molar-refractivity contribution < 1.29 is 17.9 Å². The van der Waals surface area contributed by atoms with Crippen LogP contribution in [-0.2, 0) is 16.4 Å². The third-order valence-corrected chi connectivity index (χ3v) is 7.69. The minimum absolute atomic E-state index is 0.136. The standard InChI is InChI=1S/C30H34N6O4S/c1-39-27-18-25-24(17-28(27)40-14-7-6-12-32-13-15-41(2,37)38)29(31)35-30(34-25)22-10-11-26-23(16-22)19-33-36(26)20-21-8-4-3-5-9-21/h3-5,8-11,16-19,32H,6-7,12-15,20H2,1-2H3,(H2,31,34,35). The molecule has 0 atom stereocenters. The number of unbranched alkanes of at least 4 members (excludes halogenated alkanes) is 1. The van der Waals surface area contributed by atoms with Gasteiger partial charge < -0.3 is 20.5 Å². The van der Waals surface area contributed by atoms with Gasteiger partial charge in [-0.25, -0.2) is 18.4 Å². The molecular formula is C30H34N6O4S. The van der Waals surface area contributed by atoms with Crippen LogP contribution in [0.15, 0.2) is 66.9 Å². The maximum atomic E-state index is 11.2. The molecule has 2 heterocycles. The number of benzene rings is 3. The van der Waals surface area contributed by atoms with Gasteiger partial charge in [-0.1, -0.05) is 30.3 Å². The zero-order valence-corrected chi connectivity index (χ0v) is 24.0. The fraction of sp³-hybridized carbons (Fsp3) is 0.300. The van der Waals surface area contributed by atoms with Crippen LogP contribution >= 0.6 is 0 Å². The highest BCUT2D eigenvalue weighted by molar-refractivity contribution is 7.90. The van der Waals surface area contributed by atoms with Crippen LogP contribution in [-0.4, -0.2) is 67.0 Å². The Labute approximate surface area is 239 Å². The van der Waals surface area contributed by atoms with Crippen molar-refractivity contribution in [3.05, 3.63) is 72.4 Å². The molecule has 5 rings (SSSR count). The van der Waals surface area contributed by atoms with Gasteiger partial charge in [-0.3, -0.25) is 4.68 Å². The van der Waals surface area contributed by atoms with Gasteiger partial charge in [0.1, 0.15) is 15.7 Å². The molecule has 0 aliphatic heterocycles. The molecule has 0 radical (unpaired) electrons. The van der Waals surface area contributed by atoms with E-state index in [1.54, 1.807) is 7.11 Å². The monoisotopic (exact) mass is 574 g/mol. The van der Waals surface area contributed by atoms with Gasteiger partial charge in [0, 0.05) is 35.2 Å². The average Bonchev–Trinajstić information content (AvgIpc) is 3.35. The average molecular weight is 575 g/mol. The summed E-state index contributed by atoms with van der Waals surface area (Å²) in [5.41, 5.74) is 10.1. The summed E-state index contributed by atoms with van der Waals surface area (Å²) in [6.07, 6.45) is 4.73. The van der Waals surface area contributed by atoms with Crippen LogP contribution in [0.5, 0.6) is 11.5 Å². The van der Waals surface area contributed by atoms with Gasteiger partial charge in [0.05, 0.1) is 43.2 Å². The Bertz CT molecular complexity index is 1760. The lowest BCUT2D eigenvalue weighted by Gasteiger charge is -2.13. The molecule has 0 saturated carbocycles. The lowest BCUT2D eigenvalue weighted by Crippen LogP contribution is -2.23. The predicted molar refractivity (Wildman–Crippen MR) is 162 cm³/mol. The summed E-state index contributed by atoms with van der Waals surface area (Å²) in [4.78, 5) is 9.38. The molecular weight excluding hydrogens is 540 g/mol. The Hall–Kier alpha value is -4.22. The van der Waals surface area contributed by atoms with Crippen LogP contribution in [0.25, 0.3) is 33.2 Å². The minimum atomic E-state index is -2.95. The molecule has 0 aliphatic carbocycles. The number of methoxy groups -OCH3 is 1. The van der Waals surface area contributed by atoms with Gasteiger partial charge in [-0.2, -0.15) is 5.10 Å². The van der Waals surface area contributed by atoms with Crippen molar-refractivity contribution in [2.45, 2.75) is 19.4 Å². The maximum absolute atomic E-state index is 11.2. The number of rotatable bonds is 13. The Morgan fingerprint density at radius 2 is 1.80 bits per heavy atom. The molecule has 0 aliphatic rings. The highest BCUT2D eigenvalue weighted by Crippen LogP contribution is 2.35. The lowest BCUT2D eigenvalue weighted by molar-refractivity contribution is 0.286. The second-order valence-electron chi connectivity index (χ2n) is 9.95. The van der Waals surface area contributed by atoms with Gasteiger partial charge in [0.25, 0.3) is 0 Å². The summed E-state index contributed by atoms with van der Waals surface area (Å²) < 4.78 is 36.0. The normalized spacial score (nSPS) is 11.8. The number of ether oxygens (including phenoxy) is 2. The molecule has 3 aromatic carbocycles. The number of aromatic nitrogens is 4. The van der Waals surface area contributed by atoms with E-state index < -0.39 is 9.84 Å². The van der Waals surface area contributed by atoms with Crippen LogP contribution in [0, 0.1) is 0 Å². The molecule has 41 heavy (non-hydrogen) atoms. The summed E-state index contributed by atoms with van der Waals surface area (Å²) in [6.45, 7) is 2.34. The van der Waals surface area contributed by atoms with Crippen molar-refractivity contribution in [2.75, 3.05) is 44.5 Å². The first kappa shape index (κ1) is 28.3. The zero-order valence-electron chi connectivity index (χ0n) is 23.2. The summed E-state index contributed by atoms with van der Waals surface area (Å²) in [5.74, 6) is 2.14. The topological polar surface area (TPSA) is 134 Å². The van der Waals surface area contributed by atoms with Crippen molar-refractivity contribution in [1.82, 2.24) is 25.1 Å². The maximum Gasteiger partial charge on any atom is 0.162 e. The highest BCUT2D eigenvalue weighted by atomic mass is 32.2. The largest absolute Gasteiger partial charge is 0.493 e. The number of hydrogen-bond acceptors (Lipinski definition) is 9. The smallest absolute Gasteiger partial charge is 0.162 e. The Morgan fingerprint density at radius 3 is 2.59 bits per heavy atom. The van der Waals surface area contributed by atoms with Crippen molar-refractivity contribution >= 4 is 37.5 Å². The predicted octanol–water partition coefficient (Wildman–Crippen LogP) is 4.08. The van der Waals surface area contributed by atoms with Crippen LogP contribution < -0.4 is 20.5 Å².